The second kappa shape index (κ2) is 9.16. The normalized spacial score (nSPS) is 15.7. The molecule has 0 bridgehead atoms. The van der Waals surface area contributed by atoms with Crippen molar-refractivity contribution < 1.29 is 14.5 Å². The highest BCUT2D eigenvalue weighted by atomic mass is 32.2. The Morgan fingerprint density at radius 2 is 1.94 bits per heavy atom. The fourth-order valence-electron chi connectivity index (χ4n) is 3.71. The van der Waals surface area contributed by atoms with Crippen LogP contribution in [-0.2, 0) is 9.53 Å². The monoisotopic (exact) mass is 481 g/mol. The molecule has 0 spiro atoms. The summed E-state index contributed by atoms with van der Waals surface area (Å²) in [6.45, 7) is 1.70. The first-order valence-electron chi connectivity index (χ1n) is 9.84. The number of rotatable bonds is 5. The van der Waals surface area contributed by atoms with Crippen LogP contribution in [0.25, 0.3) is 6.08 Å². The van der Waals surface area contributed by atoms with E-state index in [2.05, 4.69) is 4.99 Å². The van der Waals surface area contributed by atoms with Gasteiger partial charge in [-0.2, -0.15) is 0 Å². The zero-order chi connectivity index (χ0) is 23.7. The molecule has 0 fully saturated rings. The number of thioether (sulfide) groups is 1. The van der Waals surface area contributed by atoms with Gasteiger partial charge in [-0.3, -0.25) is 19.5 Å². The molecule has 33 heavy (non-hydrogen) atoms. The standard InChI is InChI=1S/C23H19N3O5S2/c1-13-19(22(28)31-2)20(14-8-10-16(32-3)11-9-14)25-21(27)18(33-23(25)24-13)12-15-6-4-5-7-17(15)26(29)30/h4-12,20H,1-3H3. The van der Waals surface area contributed by atoms with E-state index in [0.717, 1.165) is 21.8 Å². The molecule has 2 aromatic carbocycles. The van der Waals surface area contributed by atoms with Gasteiger partial charge in [-0.25, -0.2) is 9.79 Å². The van der Waals surface area contributed by atoms with Gasteiger partial charge in [0.25, 0.3) is 11.2 Å². The highest BCUT2D eigenvalue weighted by Gasteiger charge is 2.33. The van der Waals surface area contributed by atoms with Crippen LogP contribution in [0.15, 0.2) is 74.5 Å². The number of hydrogen-bond donors (Lipinski definition) is 0. The van der Waals surface area contributed by atoms with Crippen LogP contribution in [0.2, 0.25) is 0 Å². The maximum Gasteiger partial charge on any atom is 0.338 e. The molecule has 0 amide bonds. The number of thiazole rings is 1. The Labute approximate surface area is 196 Å². The molecule has 4 rings (SSSR count). The third-order valence-electron chi connectivity index (χ3n) is 5.28. The summed E-state index contributed by atoms with van der Waals surface area (Å²) in [5.41, 5.74) is 1.31. The summed E-state index contributed by atoms with van der Waals surface area (Å²) in [6.07, 6.45) is 3.46. The maximum absolute atomic E-state index is 13.5. The quantitative estimate of drug-likeness (QED) is 0.240. The number of carbonyl (C=O) groups excluding carboxylic acids is 1. The third kappa shape index (κ3) is 4.14. The lowest BCUT2D eigenvalue weighted by Gasteiger charge is -2.24. The summed E-state index contributed by atoms with van der Waals surface area (Å²) >= 11 is 2.71. The Hall–Kier alpha value is -3.50. The SMILES string of the molecule is COC(=O)C1=C(C)N=c2sc(=Cc3ccccc3[N+](=O)[O-])c(=O)n2C1c1ccc(SC)cc1. The largest absolute Gasteiger partial charge is 0.466 e. The molecule has 1 aromatic heterocycles. The van der Waals surface area contributed by atoms with E-state index in [1.165, 1.54) is 23.8 Å². The van der Waals surface area contributed by atoms with Gasteiger partial charge in [0.1, 0.15) is 0 Å². The predicted molar refractivity (Wildman–Crippen MR) is 127 cm³/mol. The number of esters is 1. The van der Waals surface area contributed by atoms with E-state index in [1.807, 2.05) is 30.5 Å². The second-order valence-corrected chi connectivity index (χ2v) is 9.05. The highest BCUT2D eigenvalue weighted by Crippen LogP contribution is 2.31. The molecule has 0 radical (unpaired) electrons. The van der Waals surface area contributed by atoms with Crippen molar-refractivity contribution in [2.24, 2.45) is 4.99 Å². The van der Waals surface area contributed by atoms with E-state index in [9.17, 15) is 19.7 Å². The van der Waals surface area contributed by atoms with Crippen molar-refractivity contribution in [3.8, 4) is 0 Å². The predicted octanol–water partition coefficient (Wildman–Crippen LogP) is 3.04. The van der Waals surface area contributed by atoms with E-state index in [0.29, 0.717) is 16.1 Å². The van der Waals surface area contributed by atoms with E-state index >= 15 is 0 Å². The Morgan fingerprint density at radius 3 is 2.58 bits per heavy atom. The van der Waals surface area contributed by atoms with Crippen LogP contribution in [0.3, 0.4) is 0 Å². The van der Waals surface area contributed by atoms with E-state index in [1.54, 1.807) is 36.9 Å². The molecule has 0 aliphatic carbocycles. The molecule has 0 saturated heterocycles. The van der Waals surface area contributed by atoms with Crippen LogP contribution in [0, 0.1) is 10.1 Å². The smallest absolute Gasteiger partial charge is 0.338 e. The molecule has 3 aromatic rings. The lowest BCUT2D eigenvalue weighted by Crippen LogP contribution is -2.39. The van der Waals surface area contributed by atoms with E-state index in [-0.39, 0.29) is 21.4 Å². The minimum absolute atomic E-state index is 0.0982. The molecule has 10 heteroatoms. The first-order chi connectivity index (χ1) is 15.8. The van der Waals surface area contributed by atoms with Crippen molar-refractivity contribution >= 4 is 40.8 Å². The van der Waals surface area contributed by atoms with Gasteiger partial charge in [0.2, 0.25) is 0 Å². The molecule has 1 unspecified atom stereocenters. The average Bonchev–Trinajstić information content (AvgIpc) is 3.12. The van der Waals surface area contributed by atoms with Gasteiger partial charge < -0.3 is 4.74 Å². The van der Waals surface area contributed by atoms with Crippen molar-refractivity contribution in [2.75, 3.05) is 13.4 Å². The van der Waals surface area contributed by atoms with Gasteiger partial charge in [-0.05, 0) is 43.0 Å². The van der Waals surface area contributed by atoms with Crippen molar-refractivity contribution in [3.63, 3.8) is 0 Å². The number of nitro groups is 1. The number of hydrogen-bond acceptors (Lipinski definition) is 8. The van der Waals surface area contributed by atoms with E-state index < -0.39 is 16.9 Å². The first-order valence-corrected chi connectivity index (χ1v) is 11.9. The van der Waals surface area contributed by atoms with E-state index in [4.69, 9.17) is 4.74 Å². The summed E-state index contributed by atoms with van der Waals surface area (Å²) < 4.78 is 6.74. The van der Waals surface area contributed by atoms with Crippen molar-refractivity contribution in [1.29, 1.82) is 0 Å². The third-order valence-corrected chi connectivity index (χ3v) is 7.01. The van der Waals surface area contributed by atoms with Crippen molar-refractivity contribution in [1.82, 2.24) is 4.57 Å². The fourth-order valence-corrected chi connectivity index (χ4v) is 5.16. The topological polar surface area (TPSA) is 104 Å². The number of benzene rings is 2. The zero-order valence-corrected chi connectivity index (χ0v) is 19.6. The maximum atomic E-state index is 13.5. The summed E-state index contributed by atoms with van der Waals surface area (Å²) in [5, 5.41) is 11.4. The molecular formula is C23H19N3O5S2. The number of aromatic nitrogens is 1. The van der Waals surface area contributed by atoms with Crippen LogP contribution in [0.1, 0.15) is 24.1 Å². The number of fused-ring (bicyclic) bond motifs is 1. The molecule has 2 heterocycles. The van der Waals surface area contributed by atoms with Crippen LogP contribution in [0.5, 0.6) is 0 Å². The van der Waals surface area contributed by atoms with Gasteiger partial charge in [-0.1, -0.05) is 35.6 Å². The summed E-state index contributed by atoms with van der Waals surface area (Å²) in [6, 6.07) is 13.1. The number of ether oxygens (including phenoxy) is 1. The van der Waals surface area contributed by atoms with Crippen LogP contribution in [0.4, 0.5) is 5.69 Å². The fraction of sp³-hybridized carbons (Fsp3) is 0.174. The van der Waals surface area contributed by atoms with Crippen LogP contribution >= 0.6 is 23.1 Å². The molecular weight excluding hydrogens is 462 g/mol. The minimum Gasteiger partial charge on any atom is -0.466 e. The number of nitrogens with zero attached hydrogens (tertiary/aromatic N) is 3. The van der Waals surface area contributed by atoms with Gasteiger partial charge in [0, 0.05) is 11.0 Å². The number of carbonyl (C=O) groups is 1. The van der Waals surface area contributed by atoms with Gasteiger partial charge in [-0.15, -0.1) is 11.8 Å². The van der Waals surface area contributed by atoms with Gasteiger partial charge in [0.05, 0.1) is 39.4 Å². The Bertz CT molecular complexity index is 1470. The minimum atomic E-state index is -0.725. The van der Waals surface area contributed by atoms with Gasteiger partial charge >= 0.3 is 5.97 Å². The van der Waals surface area contributed by atoms with Crippen molar-refractivity contribution in [3.05, 3.63) is 101 Å². The Morgan fingerprint density at radius 1 is 1.24 bits per heavy atom. The Balaban J connectivity index is 1.98. The van der Waals surface area contributed by atoms with Crippen LogP contribution < -0.4 is 14.9 Å². The molecule has 0 saturated carbocycles. The zero-order valence-electron chi connectivity index (χ0n) is 18.0. The highest BCUT2D eigenvalue weighted by molar-refractivity contribution is 7.98. The molecule has 1 aliphatic heterocycles. The number of nitro benzene ring substituents is 1. The Kier molecular flexibility index (Phi) is 6.30. The number of para-hydroxylation sites is 1. The molecule has 1 atom stereocenters. The van der Waals surface area contributed by atoms with Crippen LogP contribution in [-0.4, -0.2) is 28.8 Å². The molecule has 8 nitrogen and oxygen atoms in total. The molecule has 1 aliphatic rings. The summed E-state index contributed by atoms with van der Waals surface area (Å²) in [4.78, 5) is 43.0. The van der Waals surface area contributed by atoms with Gasteiger partial charge in [0.15, 0.2) is 4.80 Å². The first kappa shape index (κ1) is 22.7. The second-order valence-electron chi connectivity index (χ2n) is 7.16. The number of allylic oxidation sites excluding steroid dienone is 1. The molecule has 0 N–H and O–H groups in total. The van der Waals surface area contributed by atoms with Crippen molar-refractivity contribution in [2.45, 2.75) is 17.9 Å². The summed E-state index contributed by atoms with van der Waals surface area (Å²) in [5.74, 6) is -0.567. The summed E-state index contributed by atoms with van der Waals surface area (Å²) in [7, 11) is 1.29. The number of methoxy groups -OCH3 is 1. The lowest BCUT2D eigenvalue weighted by atomic mass is 9.96. The lowest BCUT2D eigenvalue weighted by molar-refractivity contribution is -0.385. The average molecular weight is 482 g/mol. The molecule has 168 valence electrons.